The van der Waals surface area contributed by atoms with Crippen molar-refractivity contribution < 1.29 is 28.6 Å². The summed E-state index contributed by atoms with van der Waals surface area (Å²) in [6, 6.07) is 7.97. The highest BCUT2D eigenvalue weighted by atomic mass is 16.5. The molecule has 0 bridgehead atoms. The largest absolute Gasteiger partial charge is 0.489 e. The molecule has 132 valence electrons. The van der Waals surface area contributed by atoms with Gasteiger partial charge in [-0.2, -0.15) is 0 Å². The second-order valence-electron chi connectivity index (χ2n) is 5.87. The van der Waals surface area contributed by atoms with E-state index in [1.54, 1.807) is 6.07 Å². The molecule has 7 nitrogen and oxygen atoms in total. The molecule has 1 aliphatic rings. The molecule has 1 aromatic heterocycles. The molecule has 1 aliphatic heterocycles. The van der Waals surface area contributed by atoms with Gasteiger partial charge in [-0.15, -0.1) is 0 Å². The predicted molar refractivity (Wildman–Crippen MR) is 89.3 cm³/mol. The van der Waals surface area contributed by atoms with Crippen LogP contribution in [0.3, 0.4) is 0 Å². The summed E-state index contributed by atoms with van der Waals surface area (Å²) in [6.07, 6.45) is 2.04. The van der Waals surface area contributed by atoms with E-state index in [1.807, 2.05) is 19.1 Å². The van der Waals surface area contributed by atoms with E-state index in [4.69, 9.17) is 19.0 Å². The fourth-order valence-electron chi connectivity index (χ4n) is 2.57. The summed E-state index contributed by atoms with van der Waals surface area (Å²) in [5, 5.41) is 11.6. The molecule has 0 spiro atoms. The first-order chi connectivity index (χ1) is 12.0. The molecule has 0 aliphatic carbocycles. The summed E-state index contributed by atoms with van der Waals surface area (Å²) in [5.41, 5.74) is 1.48. The smallest absolute Gasteiger partial charge is 0.371 e. The Balaban J connectivity index is 1.71. The van der Waals surface area contributed by atoms with Crippen molar-refractivity contribution in [1.82, 2.24) is 0 Å². The van der Waals surface area contributed by atoms with Crippen molar-refractivity contribution in [2.45, 2.75) is 25.9 Å². The summed E-state index contributed by atoms with van der Waals surface area (Å²) >= 11 is 0. The highest BCUT2D eigenvalue weighted by Gasteiger charge is 2.19. The number of nitrogens with one attached hydrogen (secondary N) is 1. The molecule has 1 amide bonds. The number of hydrogen-bond donors (Lipinski definition) is 2. The van der Waals surface area contributed by atoms with Crippen molar-refractivity contribution in [2.24, 2.45) is 0 Å². The molecular formula is C18H19NO6. The van der Waals surface area contributed by atoms with Crippen LogP contribution in [0.2, 0.25) is 0 Å². The van der Waals surface area contributed by atoms with E-state index < -0.39 is 11.9 Å². The summed E-state index contributed by atoms with van der Waals surface area (Å²) in [7, 11) is 0. The molecule has 2 aromatic rings. The molecule has 1 atom stereocenters. The molecule has 7 heteroatoms. The number of carbonyl (C=O) groups excluding carboxylic acids is 1. The second-order valence-corrected chi connectivity index (χ2v) is 5.87. The van der Waals surface area contributed by atoms with Gasteiger partial charge in [-0.25, -0.2) is 4.79 Å². The number of amides is 1. The number of benzene rings is 1. The van der Waals surface area contributed by atoms with Crippen LogP contribution in [0.4, 0.5) is 5.69 Å². The Morgan fingerprint density at radius 3 is 2.76 bits per heavy atom. The van der Waals surface area contributed by atoms with Gasteiger partial charge in [-0.3, -0.25) is 4.79 Å². The molecule has 0 saturated carbocycles. The van der Waals surface area contributed by atoms with E-state index >= 15 is 0 Å². The van der Waals surface area contributed by atoms with Crippen LogP contribution in [0.25, 0.3) is 0 Å². The first kappa shape index (κ1) is 17.0. The van der Waals surface area contributed by atoms with Gasteiger partial charge in [0.15, 0.2) is 5.76 Å². The van der Waals surface area contributed by atoms with Gasteiger partial charge in [-0.1, -0.05) is 6.07 Å². The van der Waals surface area contributed by atoms with E-state index in [9.17, 15) is 9.59 Å². The SMILES string of the molecule is Cc1ccc(NC(=O)c2ccc(C(=O)O)o2)c(OCC2CCCO2)c1. The van der Waals surface area contributed by atoms with Crippen LogP contribution in [0, 0.1) is 6.92 Å². The normalized spacial score (nSPS) is 16.6. The van der Waals surface area contributed by atoms with Gasteiger partial charge < -0.3 is 24.3 Å². The molecule has 25 heavy (non-hydrogen) atoms. The van der Waals surface area contributed by atoms with Crippen LogP contribution < -0.4 is 10.1 Å². The Morgan fingerprint density at radius 1 is 1.28 bits per heavy atom. The molecule has 1 saturated heterocycles. The van der Waals surface area contributed by atoms with Gasteiger partial charge in [0.2, 0.25) is 5.76 Å². The van der Waals surface area contributed by atoms with Gasteiger partial charge in [-0.05, 0) is 49.6 Å². The van der Waals surface area contributed by atoms with Crippen LogP contribution in [0.15, 0.2) is 34.7 Å². The Bertz CT molecular complexity index is 776. The van der Waals surface area contributed by atoms with Gasteiger partial charge in [0.25, 0.3) is 5.91 Å². The number of rotatable bonds is 6. The minimum absolute atomic E-state index is 0.0623. The number of carbonyl (C=O) groups is 2. The van der Waals surface area contributed by atoms with Crippen LogP contribution in [0.1, 0.15) is 39.5 Å². The molecule has 2 N–H and O–H groups in total. The molecule has 1 fully saturated rings. The zero-order valence-corrected chi connectivity index (χ0v) is 13.8. The van der Waals surface area contributed by atoms with E-state index in [0.717, 1.165) is 25.0 Å². The number of aryl methyl sites for hydroxylation is 1. The zero-order valence-electron chi connectivity index (χ0n) is 13.8. The number of anilines is 1. The average Bonchev–Trinajstić information content (AvgIpc) is 3.26. The maximum atomic E-state index is 12.3. The molecule has 0 radical (unpaired) electrons. The third kappa shape index (κ3) is 4.19. The van der Waals surface area contributed by atoms with Gasteiger partial charge in [0.05, 0.1) is 11.8 Å². The van der Waals surface area contributed by atoms with E-state index in [2.05, 4.69) is 5.32 Å². The van der Waals surface area contributed by atoms with Crippen molar-refractivity contribution in [1.29, 1.82) is 0 Å². The van der Waals surface area contributed by atoms with Crippen LogP contribution >= 0.6 is 0 Å². The Labute approximate surface area is 144 Å². The van der Waals surface area contributed by atoms with Crippen molar-refractivity contribution in [3.8, 4) is 5.75 Å². The number of carboxylic acids is 1. The predicted octanol–water partition coefficient (Wildman–Crippen LogP) is 3.10. The van der Waals surface area contributed by atoms with Gasteiger partial charge >= 0.3 is 5.97 Å². The average molecular weight is 345 g/mol. The van der Waals surface area contributed by atoms with Crippen LogP contribution in [-0.2, 0) is 4.74 Å². The van der Waals surface area contributed by atoms with Crippen molar-refractivity contribution in [3.05, 3.63) is 47.4 Å². The highest BCUT2D eigenvalue weighted by Crippen LogP contribution is 2.27. The number of carboxylic acid groups (broad SMARTS) is 1. The lowest BCUT2D eigenvalue weighted by atomic mass is 10.2. The van der Waals surface area contributed by atoms with E-state index in [-0.39, 0.29) is 17.6 Å². The fraction of sp³-hybridized carbons (Fsp3) is 0.333. The lowest BCUT2D eigenvalue weighted by Gasteiger charge is -2.15. The Kier molecular flexibility index (Phi) is 5.04. The van der Waals surface area contributed by atoms with Crippen molar-refractivity contribution >= 4 is 17.6 Å². The third-order valence-corrected chi connectivity index (χ3v) is 3.87. The Morgan fingerprint density at radius 2 is 2.08 bits per heavy atom. The van der Waals surface area contributed by atoms with Crippen LogP contribution in [-0.4, -0.2) is 36.3 Å². The van der Waals surface area contributed by atoms with Gasteiger partial charge in [0.1, 0.15) is 12.4 Å². The second kappa shape index (κ2) is 7.40. The number of aromatic carboxylic acids is 1. The standard InChI is InChI=1S/C18H19NO6/c1-11-4-5-13(16(9-11)24-10-12-3-2-8-23-12)19-17(20)14-6-7-15(25-14)18(21)22/h4-7,9,12H,2-3,8,10H2,1H3,(H,19,20)(H,21,22). The summed E-state index contributed by atoms with van der Waals surface area (Å²) in [4.78, 5) is 23.1. The molecular weight excluding hydrogens is 326 g/mol. The summed E-state index contributed by atoms with van der Waals surface area (Å²) in [5.74, 6) is -1.60. The van der Waals surface area contributed by atoms with E-state index in [1.165, 1.54) is 12.1 Å². The van der Waals surface area contributed by atoms with Crippen molar-refractivity contribution in [2.75, 3.05) is 18.5 Å². The fourth-order valence-corrected chi connectivity index (χ4v) is 2.57. The lowest BCUT2D eigenvalue weighted by molar-refractivity contribution is 0.0660. The summed E-state index contributed by atoms with van der Waals surface area (Å²) < 4.78 is 16.4. The maximum Gasteiger partial charge on any atom is 0.371 e. The zero-order chi connectivity index (χ0) is 17.8. The maximum absolute atomic E-state index is 12.3. The Hall–Kier alpha value is -2.80. The molecule has 1 unspecified atom stereocenters. The third-order valence-electron chi connectivity index (χ3n) is 3.87. The lowest BCUT2D eigenvalue weighted by Crippen LogP contribution is -2.18. The number of hydrogen-bond acceptors (Lipinski definition) is 5. The quantitative estimate of drug-likeness (QED) is 0.835. The van der Waals surface area contributed by atoms with Crippen molar-refractivity contribution in [3.63, 3.8) is 0 Å². The molecule has 2 heterocycles. The monoisotopic (exact) mass is 345 g/mol. The summed E-state index contributed by atoms with van der Waals surface area (Å²) in [6.45, 7) is 3.09. The molecule has 3 rings (SSSR count). The highest BCUT2D eigenvalue weighted by molar-refractivity contribution is 6.03. The van der Waals surface area contributed by atoms with Crippen LogP contribution in [0.5, 0.6) is 5.75 Å². The first-order valence-electron chi connectivity index (χ1n) is 8.02. The first-order valence-corrected chi connectivity index (χ1v) is 8.02. The minimum Gasteiger partial charge on any atom is -0.489 e. The van der Waals surface area contributed by atoms with Gasteiger partial charge in [0, 0.05) is 6.61 Å². The van der Waals surface area contributed by atoms with E-state index in [0.29, 0.717) is 18.0 Å². The minimum atomic E-state index is -1.23. The topological polar surface area (TPSA) is 98.0 Å². The molecule has 1 aromatic carbocycles. The number of furan rings is 1. The number of ether oxygens (including phenoxy) is 2.